The molecular formula is C26H32N4O3. The number of allylic oxidation sites excluding steroid dienone is 2. The minimum absolute atomic E-state index is 0.0220. The van der Waals surface area contributed by atoms with Gasteiger partial charge < -0.3 is 15.1 Å². The average molecular weight is 449 g/mol. The van der Waals surface area contributed by atoms with Gasteiger partial charge >= 0.3 is 0 Å². The quantitative estimate of drug-likeness (QED) is 0.695. The zero-order valence-electron chi connectivity index (χ0n) is 19.2. The zero-order valence-corrected chi connectivity index (χ0v) is 19.2. The summed E-state index contributed by atoms with van der Waals surface area (Å²) in [7, 11) is 0. The van der Waals surface area contributed by atoms with E-state index in [1.807, 2.05) is 36.4 Å². The molecule has 7 nitrogen and oxygen atoms in total. The van der Waals surface area contributed by atoms with Crippen molar-refractivity contribution in [3.05, 3.63) is 60.3 Å². The summed E-state index contributed by atoms with van der Waals surface area (Å²) in [5.74, 6) is -0.249. The van der Waals surface area contributed by atoms with Gasteiger partial charge in [0.15, 0.2) is 0 Å². The SMILES string of the molecule is CC1(C(=O)N(CCc2ccccc2)CC(=O)NC2CCCCC2)CC(=O)N=C2C=CC=CN21. The number of aliphatic imine (C=N–C) groups is 1. The molecule has 2 heterocycles. The minimum Gasteiger partial charge on any atom is -0.352 e. The van der Waals surface area contributed by atoms with Gasteiger partial charge in [-0.1, -0.05) is 55.7 Å². The van der Waals surface area contributed by atoms with E-state index in [-0.39, 0.29) is 36.7 Å². The second-order valence-corrected chi connectivity index (χ2v) is 9.25. The summed E-state index contributed by atoms with van der Waals surface area (Å²) in [5, 5.41) is 3.12. The first-order valence-corrected chi connectivity index (χ1v) is 11.8. The van der Waals surface area contributed by atoms with Crippen LogP contribution in [-0.4, -0.2) is 58.0 Å². The molecule has 0 spiro atoms. The Bertz CT molecular complexity index is 979. The van der Waals surface area contributed by atoms with Crippen LogP contribution >= 0.6 is 0 Å². The molecule has 4 rings (SSSR count). The molecule has 1 saturated carbocycles. The minimum atomic E-state index is -1.13. The summed E-state index contributed by atoms with van der Waals surface area (Å²) in [5.41, 5.74) is -0.0343. The van der Waals surface area contributed by atoms with E-state index in [2.05, 4.69) is 10.3 Å². The molecular weight excluding hydrogens is 416 g/mol. The van der Waals surface area contributed by atoms with Crippen molar-refractivity contribution in [1.82, 2.24) is 15.1 Å². The van der Waals surface area contributed by atoms with E-state index < -0.39 is 5.54 Å². The molecule has 3 amide bonds. The van der Waals surface area contributed by atoms with Crippen molar-refractivity contribution in [3.63, 3.8) is 0 Å². The maximum Gasteiger partial charge on any atom is 0.250 e. The Morgan fingerprint density at radius 2 is 1.91 bits per heavy atom. The Kier molecular flexibility index (Phi) is 7.06. The molecule has 0 aromatic heterocycles. The van der Waals surface area contributed by atoms with E-state index in [1.165, 1.54) is 6.42 Å². The lowest BCUT2D eigenvalue weighted by atomic mass is 9.90. The molecule has 1 aromatic carbocycles. The monoisotopic (exact) mass is 448 g/mol. The lowest BCUT2D eigenvalue weighted by Crippen LogP contribution is -2.62. The maximum atomic E-state index is 13.9. The van der Waals surface area contributed by atoms with Crippen LogP contribution in [0.15, 0.2) is 59.8 Å². The van der Waals surface area contributed by atoms with Crippen molar-refractivity contribution in [2.24, 2.45) is 4.99 Å². The number of hydrogen-bond donors (Lipinski definition) is 1. The van der Waals surface area contributed by atoms with Crippen molar-refractivity contribution < 1.29 is 14.4 Å². The van der Waals surface area contributed by atoms with Crippen LogP contribution in [0.2, 0.25) is 0 Å². The highest BCUT2D eigenvalue weighted by molar-refractivity contribution is 6.09. The van der Waals surface area contributed by atoms with Gasteiger partial charge in [0, 0.05) is 18.8 Å². The predicted octanol–water partition coefficient (Wildman–Crippen LogP) is 2.98. The molecule has 1 atom stereocenters. The number of fused-ring (bicyclic) bond motifs is 1. The number of benzene rings is 1. The molecule has 1 unspecified atom stereocenters. The van der Waals surface area contributed by atoms with Crippen LogP contribution < -0.4 is 5.32 Å². The van der Waals surface area contributed by atoms with Gasteiger partial charge in [-0.25, -0.2) is 0 Å². The number of nitrogens with zero attached hydrogens (tertiary/aromatic N) is 3. The maximum absolute atomic E-state index is 13.9. The van der Waals surface area contributed by atoms with E-state index >= 15 is 0 Å². The van der Waals surface area contributed by atoms with Crippen molar-refractivity contribution in [2.45, 2.75) is 63.5 Å². The van der Waals surface area contributed by atoms with Crippen LogP contribution in [0.5, 0.6) is 0 Å². The molecule has 174 valence electrons. The Morgan fingerprint density at radius 1 is 1.15 bits per heavy atom. The summed E-state index contributed by atoms with van der Waals surface area (Å²) in [6, 6.07) is 10.1. The Hall–Kier alpha value is -3.22. The topological polar surface area (TPSA) is 82.1 Å². The van der Waals surface area contributed by atoms with Crippen LogP contribution in [0, 0.1) is 0 Å². The van der Waals surface area contributed by atoms with Crippen molar-refractivity contribution >= 4 is 23.6 Å². The lowest BCUT2D eigenvalue weighted by Gasteiger charge is -2.44. The molecule has 0 saturated heterocycles. The van der Waals surface area contributed by atoms with Gasteiger partial charge in [-0.3, -0.25) is 14.4 Å². The van der Waals surface area contributed by atoms with Gasteiger partial charge in [-0.05, 0) is 43.9 Å². The second-order valence-electron chi connectivity index (χ2n) is 9.25. The fraction of sp³-hybridized carbons (Fsp3) is 0.462. The highest BCUT2D eigenvalue weighted by Gasteiger charge is 2.47. The Labute approximate surface area is 195 Å². The van der Waals surface area contributed by atoms with Crippen LogP contribution in [0.25, 0.3) is 0 Å². The summed E-state index contributed by atoms with van der Waals surface area (Å²) < 4.78 is 0. The standard InChI is InChI=1S/C26H32N4O3/c1-26(18-23(31)28-22-14-8-9-16-30(22)26)25(33)29(17-15-20-10-4-2-5-11-20)19-24(32)27-21-12-6-3-7-13-21/h2,4-5,8-11,14,16,21H,3,6-7,12-13,15,17-19H2,1H3,(H,27,32). The number of amides is 3. The summed E-state index contributed by atoms with van der Waals surface area (Å²) in [6.07, 6.45) is 13.2. The molecule has 7 heteroatoms. The highest BCUT2D eigenvalue weighted by atomic mass is 16.2. The molecule has 1 aromatic rings. The summed E-state index contributed by atoms with van der Waals surface area (Å²) >= 11 is 0. The predicted molar refractivity (Wildman–Crippen MR) is 127 cm³/mol. The average Bonchev–Trinajstić information content (AvgIpc) is 2.82. The Balaban J connectivity index is 1.53. The van der Waals surface area contributed by atoms with Gasteiger partial charge in [0.05, 0.1) is 13.0 Å². The van der Waals surface area contributed by atoms with Gasteiger partial charge in [0.25, 0.3) is 5.91 Å². The normalized spacial score (nSPS) is 22.5. The van der Waals surface area contributed by atoms with Crippen molar-refractivity contribution in [2.75, 3.05) is 13.1 Å². The van der Waals surface area contributed by atoms with Crippen molar-refractivity contribution in [1.29, 1.82) is 0 Å². The van der Waals surface area contributed by atoms with Gasteiger partial charge in [-0.15, -0.1) is 0 Å². The Morgan fingerprint density at radius 3 is 2.67 bits per heavy atom. The van der Waals surface area contributed by atoms with Crippen LogP contribution in [0.3, 0.4) is 0 Å². The third-order valence-corrected chi connectivity index (χ3v) is 6.67. The molecule has 1 N–H and O–H groups in total. The first-order chi connectivity index (χ1) is 16.0. The third kappa shape index (κ3) is 5.41. The third-order valence-electron chi connectivity index (χ3n) is 6.67. The number of rotatable bonds is 7. The molecule has 1 fully saturated rings. The van der Waals surface area contributed by atoms with E-state index in [0.29, 0.717) is 18.8 Å². The number of carbonyl (C=O) groups excluding carboxylic acids is 3. The largest absolute Gasteiger partial charge is 0.352 e. The second kappa shape index (κ2) is 10.1. The fourth-order valence-corrected chi connectivity index (χ4v) is 4.86. The summed E-state index contributed by atoms with van der Waals surface area (Å²) in [6.45, 7) is 2.14. The van der Waals surface area contributed by atoms with Crippen LogP contribution in [0.4, 0.5) is 0 Å². The molecule has 3 aliphatic rings. The smallest absolute Gasteiger partial charge is 0.250 e. The van der Waals surface area contributed by atoms with Crippen LogP contribution in [0.1, 0.15) is 51.0 Å². The van der Waals surface area contributed by atoms with E-state index in [9.17, 15) is 14.4 Å². The molecule has 1 aliphatic carbocycles. The van der Waals surface area contributed by atoms with Gasteiger partial charge in [0.1, 0.15) is 11.4 Å². The number of nitrogens with one attached hydrogen (secondary N) is 1. The number of amidine groups is 1. The van der Waals surface area contributed by atoms with Gasteiger partial charge in [0.2, 0.25) is 11.8 Å². The molecule has 33 heavy (non-hydrogen) atoms. The highest BCUT2D eigenvalue weighted by Crippen LogP contribution is 2.30. The lowest BCUT2D eigenvalue weighted by molar-refractivity contribution is -0.146. The first-order valence-electron chi connectivity index (χ1n) is 11.8. The van der Waals surface area contributed by atoms with Crippen LogP contribution in [-0.2, 0) is 20.8 Å². The van der Waals surface area contributed by atoms with Crippen molar-refractivity contribution in [3.8, 4) is 0 Å². The van der Waals surface area contributed by atoms with E-state index in [1.54, 1.807) is 35.1 Å². The number of hydrogen-bond acceptors (Lipinski definition) is 4. The number of carbonyl (C=O) groups is 3. The van der Waals surface area contributed by atoms with E-state index in [4.69, 9.17) is 0 Å². The van der Waals surface area contributed by atoms with Gasteiger partial charge in [-0.2, -0.15) is 4.99 Å². The fourth-order valence-electron chi connectivity index (χ4n) is 4.86. The molecule has 0 bridgehead atoms. The van der Waals surface area contributed by atoms with E-state index in [0.717, 1.165) is 31.2 Å². The first kappa shape index (κ1) is 23.0. The molecule has 2 aliphatic heterocycles. The summed E-state index contributed by atoms with van der Waals surface area (Å²) in [4.78, 5) is 46.7. The molecule has 0 radical (unpaired) electrons. The zero-order chi connectivity index (χ0) is 23.3.